The molecule has 0 fully saturated rings. The summed E-state index contributed by atoms with van der Waals surface area (Å²) in [5, 5.41) is 6.40. The van der Waals surface area contributed by atoms with E-state index in [0.29, 0.717) is 5.25 Å². The van der Waals surface area contributed by atoms with E-state index in [0.717, 1.165) is 12.1 Å². The highest BCUT2D eigenvalue weighted by Gasteiger charge is 2.16. The third-order valence-electron chi connectivity index (χ3n) is 2.70. The molecule has 3 nitrogen and oxygen atoms in total. The maximum atomic E-state index is 5.89. The fourth-order valence-corrected chi connectivity index (χ4v) is 2.77. The molecule has 1 aromatic rings. The standard InChI is InChI=1S/C12H23N3S/c1-6-9(3)16-12-11(7-8(2)13)10(4)14-15(12)5/h8-9H,6-7,13H2,1-5H3. The first-order valence-electron chi connectivity index (χ1n) is 5.90. The molecular formula is C12H23N3S. The largest absolute Gasteiger partial charge is 0.328 e. The molecule has 4 heteroatoms. The van der Waals surface area contributed by atoms with Crippen LogP contribution in [-0.4, -0.2) is 21.1 Å². The zero-order valence-electron chi connectivity index (χ0n) is 10.9. The van der Waals surface area contributed by atoms with Crippen LogP contribution in [-0.2, 0) is 13.5 Å². The van der Waals surface area contributed by atoms with Gasteiger partial charge in [-0.2, -0.15) is 5.10 Å². The average Bonchev–Trinajstić information content (AvgIpc) is 2.44. The summed E-state index contributed by atoms with van der Waals surface area (Å²) in [5.41, 5.74) is 8.33. The van der Waals surface area contributed by atoms with Gasteiger partial charge in [-0.15, -0.1) is 11.8 Å². The molecule has 0 aliphatic carbocycles. The Labute approximate surface area is 103 Å². The second kappa shape index (κ2) is 5.73. The highest BCUT2D eigenvalue weighted by atomic mass is 32.2. The summed E-state index contributed by atoms with van der Waals surface area (Å²) >= 11 is 1.90. The lowest BCUT2D eigenvalue weighted by Crippen LogP contribution is -2.18. The van der Waals surface area contributed by atoms with Gasteiger partial charge in [-0.25, -0.2) is 0 Å². The molecule has 0 amide bonds. The number of aryl methyl sites for hydroxylation is 2. The fraction of sp³-hybridized carbons (Fsp3) is 0.750. The Morgan fingerprint density at radius 3 is 2.56 bits per heavy atom. The van der Waals surface area contributed by atoms with Crippen molar-refractivity contribution in [1.82, 2.24) is 9.78 Å². The lowest BCUT2D eigenvalue weighted by molar-refractivity contribution is 0.675. The molecule has 0 bridgehead atoms. The van der Waals surface area contributed by atoms with Crippen molar-refractivity contribution in [3.8, 4) is 0 Å². The number of nitrogens with zero attached hydrogens (tertiary/aromatic N) is 2. The minimum absolute atomic E-state index is 0.194. The second-order valence-corrected chi connectivity index (χ2v) is 5.94. The minimum atomic E-state index is 0.194. The van der Waals surface area contributed by atoms with Gasteiger partial charge in [0.2, 0.25) is 0 Å². The van der Waals surface area contributed by atoms with Crippen molar-refractivity contribution in [3.05, 3.63) is 11.3 Å². The second-order valence-electron chi connectivity index (χ2n) is 4.51. The highest BCUT2D eigenvalue weighted by molar-refractivity contribution is 7.99. The zero-order chi connectivity index (χ0) is 12.3. The summed E-state index contributed by atoms with van der Waals surface area (Å²) < 4.78 is 1.99. The van der Waals surface area contributed by atoms with Crippen LogP contribution in [0.4, 0.5) is 0 Å². The first-order valence-corrected chi connectivity index (χ1v) is 6.78. The van der Waals surface area contributed by atoms with E-state index < -0.39 is 0 Å². The number of rotatable bonds is 5. The molecular weight excluding hydrogens is 218 g/mol. The SMILES string of the molecule is CCC(C)Sc1c(CC(C)N)c(C)nn1C. The van der Waals surface area contributed by atoms with Gasteiger partial charge in [-0.05, 0) is 26.7 Å². The molecule has 0 saturated heterocycles. The molecule has 16 heavy (non-hydrogen) atoms. The maximum Gasteiger partial charge on any atom is 0.0974 e. The lowest BCUT2D eigenvalue weighted by Gasteiger charge is -2.12. The smallest absolute Gasteiger partial charge is 0.0974 e. The van der Waals surface area contributed by atoms with Gasteiger partial charge in [0.1, 0.15) is 0 Å². The van der Waals surface area contributed by atoms with Gasteiger partial charge in [-0.1, -0.05) is 13.8 Å². The minimum Gasteiger partial charge on any atom is -0.328 e. The summed E-state index contributed by atoms with van der Waals surface area (Å²) in [5.74, 6) is 0. The summed E-state index contributed by atoms with van der Waals surface area (Å²) in [7, 11) is 2.02. The third kappa shape index (κ3) is 3.25. The average molecular weight is 241 g/mol. The quantitative estimate of drug-likeness (QED) is 0.806. The molecule has 1 rings (SSSR count). The number of nitrogens with two attached hydrogens (primary N) is 1. The van der Waals surface area contributed by atoms with E-state index in [2.05, 4.69) is 25.9 Å². The predicted octanol–water partition coefficient (Wildman–Crippen LogP) is 2.51. The van der Waals surface area contributed by atoms with Crippen molar-refractivity contribution in [3.63, 3.8) is 0 Å². The Morgan fingerprint density at radius 2 is 2.06 bits per heavy atom. The highest BCUT2D eigenvalue weighted by Crippen LogP contribution is 2.30. The molecule has 0 aromatic carbocycles. The molecule has 0 aliphatic rings. The van der Waals surface area contributed by atoms with Crippen LogP contribution in [0.15, 0.2) is 5.03 Å². The van der Waals surface area contributed by atoms with Gasteiger partial charge in [0.15, 0.2) is 0 Å². The van der Waals surface area contributed by atoms with Crippen LogP contribution >= 0.6 is 11.8 Å². The lowest BCUT2D eigenvalue weighted by atomic mass is 10.1. The molecule has 0 spiro atoms. The molecule has 1 aromatic heterocycles. The monoisotopic (exact) mass is 241 g/mol. The van der Waals surface area contributed by atoms with E-state index in [4.69, 9.17) is 5.73 Å². The van der Waals surface area contributed by atoms with Crippen LogP contribution < -0.4 is 5.73 Å². The Hall–Kier alpha value is -0.480. The Morgan fingerprint density at radius 1 is 1.44 bits per heavy atom. The van der Waals surface area contributed by atoms with E-state index >= 15 is 0 Å². The summed E-state index contributed by atoms with van der Waals surface area (Å²) in [4.78, 5) is 0. The molecule has 2 atom stereocenters. The van der Waals surface area contributed by atoms with Crippen LogP contribution in [0.25, 0.3) is 0 Å². The normalized spacial score (nSPS) is 15.1. The van der Waals surface area contributed by atoms with Gasteiger partial charge >= 0.3 is 0 Å². The van der Waals surface area contributed by atoms with Crippen LogP contribution in [0.3, 0.4) is 0 Å². The fourth-order valence-electron chi connectivity index (χ4n) is 1.66. The van der Waals surface area contributed by atoms with Crippen LogP contribution in [0.1, 0.15) is 38.4 Å². The molecule has 92 valence electrons. The molecule has 0 saturated carbocycles. The number of thioether (sulfide) groups is 1. The number of hydrogen-bond donors (Lipinski definition) is 1. The molecule has 2 unspecified atom stereocenters. The zero-order valence-corrected chi connectivity index (χ0v) is 11.8. The van der Waals surface area contributed by atoms with Crippen molar-refractivity contribution in [2.75, 3.05) is 0 Å². The van der Waals surface area contributed by atoms with Crippen molar-refractivity contribution < 1.29 is 0 Å². The number of aromatic nitrogens is 2. The summed E-state index contributed by atoms with van der Waals surface area (Å²) in [6.07, 6.45) is 2.09. The third-order valence-corrected chi connectivity index (χ3v) is 4.17. The first-order chi connectivity index (χ1) is 7.45. The van der Waals surface area contributed by atoms with Gasteiger partial charge in [0, 0.05) is 23.9 Å². The van der Waals surface area contributed by atoms with E-state index in [9.17, 15) is 0 Å². The summed E-state index contributed by atoms with van der Waals surface area (Å²) in [6, 6.07) is 0.194. The summed E-state index contributed by atoms with van der Waals surface area (Å²) in [6.45, 7) is 8.58. The predicted molar refractivity (Wildman–Crippen MR) is 70.9 cm³/mol. The molecule has 0 aliphatic heterocycles. The van der Waals surface area contributed by atoms with E-state index in [1.165, 1.54) is 17.0 Å². The molecule has 0 radical (unpaired) electrons. The Bertz CT molecular complexity index is 344. The van der Waals surface area contributed by atoms with E-state index in [1.54, 1.807) is 0 Å². The van der Waals surface area contributed by atoms with Crippen molar-refractivity contribution >= 4 is 11.8 Å². The van der Waals surface area contributed by atoms with Crippen LogP contribution in [0.5, 0.6) is 0 Å². The van der Waals surface area contributed by atoms with Gasteiger partial charge in [-0.3, -0.25) is 4.68 Å². The van der Waals surface area contributed by atoms with Gasteiger partial charge < -0.3 is 5.73 Å². The molecule has 1 heterocycles. The van der Waals surface area contributed by atoms with Gasteiger partial charge in [0.25, 0.3) is 0 Å². The van der Waals surface area contributed by atoms with E-state index in [1.807, 2.05) is 30.4 Å². The van der Waals surface area contributed by atoms with Crippen molar-refractivity contribution in [2.45, 2.75) is 56.9 Å². The Balaban J connectivity index is 2.96. The van der Waals surface area contributed by atoms with E-state index in [-0.39, 0.29) is 6.04 Å². The van der Waals surface area contributed by atoms with Crippen molar-refractivity contribution in [1.29, 1.82) is 0 Å². The van der Waals surface area contributed by atoms with Crippen LogP contribution in [0, 0.1) is 6.92 Å². The first kappa shape index (κ1) is 13.6. The number of hydrogen-bond acceptors (Lipinski definition) is 3. The van der Waals surface area contributed by atoms with Gasteiger partial charge in [0.05, 0.1) is 10.7 Å². The Kier molecular flexibility index (Phi) is 4.87. The maximum absolute atomic E-state index is 5.89. The van der Waals surface area contributed by atoms with Crippen LogP contribution in [0.2, 0.25) is 0 Å². The molecule has 2 N–H and O–H groups in total. The van der Waals surface area contributed by atoms with Crippen molar-refractivity contribution in [2.24, 2.45) is 12.8 Å². The topological polar surface area (TPSA) is 43.8 Å².